The summed E-state index contributed by atoms with van der Waals surface area (Å²) < 4.78 is 20.1. The van der Waals surface area contributed by atoms with Gasteiger partial charge in [-0.25, -0.2) is 13.9 Å². The molecule has 134 valence electrons. The minimum Gasteiger partial charge on any atom is -0.453 e. The second-order valence-electron chi connectivity index (χ2n) is 5.42. The molecule has 4 rings (SSSR count). The number of nitrogens with two attached hydrogens (primary N) is 1. The number of carbonyl (C=O) groups is 1. The molecule has 0 aliphatic carbocycles. The van der Waals surface area contributed by atoms with Gasteiger partial charge in [0, 0.05) is 18.5 Å². The zero-order valence-corrected chi connectivity index (χ0v) is 13.7. The minimum atomic E-state index is -0.601. The highest BCUT2D eigenvalue weighted by atomic mass is 19.1. The van der Waals surface area contributed by atoms with Crippen LogP contribution in [0, 0.1) is 5.82 Å². The molecule has 0 spiro atoms. The Morgan fingerprint density at radius 2 is 2.04 bits per heavy atom. The van der Waals surface area contributed by atoms with E-state index in [9.17, 15) is 9.18 Å². The third-order valence-electron chi connectivity index (χ3n) is 3.59. The third-order valence-corrected chi connectivity index (χ3v) is 3.59. The lowest BCUT2D eigenvalue weighted by Crippen LogP contribution is -2.14. The summed E-state index contributed by atoms with van der Waals surface area (Å²) in [5.41, 5.74) is 6.27. The van der Waals surface area contributed by atoms with Crippen LogP contribution >= 0.6 is 0 Å². The number of nitrogens with one attached hydrogen (secondary N) is 1. The van der Waals surface area contributed by atoms with E-state index >= 15 is 0 Å². The fourth-order valence-corrected chi connectivity index (χ4v) is 2.43. The maximum absolute atomic E-state index is 13.3. The SMILES string of the molecule is Nc1nn2cc(F)cnc2c1C(=O)Nc1cnccc1Oc1cccnc1. The lowest BCUT2D eigenvalue weighted by molar-refractivity contribution is 0.102. The molecule has 27 heavy (non-hydrogen) atoms. The average Bonchev–Trinajstić information content (AvgIpc) is 2.99. The number of rotatable bonds is 4. The van der Waals surface area contributed by atoms with E-state index < -0.39 is 11.7 Å². The lowest BCUT2D eigenvalue weighted by Gasteiger charge is -2.11. The molecule has 4 aromatic heterocycles. The van der Waals surface area contributed by atoms with E-state index in [1.165, 1.54) is 18.6 Å². The van der Waals surface area contributed by atoms with Crippen LogP contribution in [-0.4, -0.2) is 30.5 Å². The van der Waals surface area contributed by atoms with Crippen LogP contribution in [0.1, 0.15) is 10.4 Å². The van der Waals surface area contributed by atoms with Gasteiger partial charge in [0.25, 0.3) is 5.91 Å². The van der Waals surface area contributed by atoms with E-state index in [2.05, 4.69) is 25.4 Å². The highest BCUT2D eigenvalue weighted by molar-refractivity contribution is 6.11. The molecule has 9 nitrogen and oxygen atoms in total. The first-order chi connectivity index (χ1) is 13.1. The highest BCUT2D eigenvalue weighted by Gasteiger charge is 2.21. The summed E-state index contributed by atoms with van der Waals surface area (Å²) in [4.78, 5) is 24.6. The van der Waals surface area contributed by atoms with Crippen molar-refractivity contribution in [2.75, 3.05) is 11.1 Å². The van der Waals surface area contributed by atoms with Crippen LogP contribution in [0.2, 0.25) is 0 Å². The molecule has 0 aliphatic heterocycles. The summed E-state index contributed by atoms with van der Waals surface area (Å²) in [6, 6.07) is 5.04. The van der Waals surface area contributed by atoms with E-state index in [1.807, 2.05) is 0 Å². The molecule has 0 aliphatic rings. The van der Waals surface area contributed by atoms with Crippen molar-refractivity contribution in [3.63, 3.8) is 0 Å². The molecule has 1 amide bonds. The van der Waals surface area contributed by atoms with E-state index in [0.717, 1.165) is 16.9 Å². The van der Waals surface area contributed by atoms with Crippen LogP contribution in [-0.2, 0) is 0 Å². The van der Waals surface area contributed by atoms with Crippen molar-refractivity contribution in [2.24, 2.45) is 0 Å². The number of carbonyl (C=O) groups excluding carboxylic acids is 1. The summed E-state index contributed by atoms with van der Waals surface area (Å²) in [6.45, 7) is 0. The predicted molar refractivity (Wildman–Crippen MR) is 93.9 cm³/mol. The molecule has 10 heteroatoms. The first-order valence-electron chi connectivity index (χ1n) is 7.74. The first kappa shape index (κ1) is 16.4. The van der Waals surface area contributed by atoms with Crippen molar-refractivity contribution < 1.29 is 13.9 Å². The smallest absolute Gasteiger partial charge is 0.263 e. The van der Waals surface area contributed by atoms with Gasteiger partial charge >= 0.3 is 0 Å². The minimum absolute atomic E-state index is 0.0196. The number of anilines is 2. The van der Waals surface area contributed by atoms with E-state index in [4.69, 9.17) is 10.5 Å². The molecule has 0 radical (unpaired) electrons. The van der Waals surface area contributed by atoms with Gasteiger partial charge in [-0.1, -0.05) is 0 Å². The Morgan fingerprint density at radius 1 is 1.19 bits per heavy atom. The van der Waals surface area contributed by atoms with Crippen LogP contribution in [0.4, 0.5) is 15.9 Å². The van der Waals surface area contributed by atoms with Crippen LogP contribution in [0.5, 0.6) is 11.5 Å². The van der Waals surface area contributed by atoms with Gasteiger partial charge in [0.05, 0.1) is 24.8 Å². The van der Waals surface area contributed by atoms with Crippen LogP contribution in [0.15, 0.2) is 55.4 Å². The Labute approximate surface area is 151 Å². The maximum Gasteiger partial charge on any atom is 0.263 e. The second kappa shape index (κ2) is 6.67. The average molecular weight is 365 g/mol. The Balaban J connectivity index is 1.65. The number of fused-ring (bicyclic) bond motifs is 1. The molecule has 4 heterocycles. The molecule has 0 saturated heterocycles. The van der Waals surface area contributed by atoms with Gasteiger partial charge in [0.15, 0.2) is 23.0 Å². The number of nitrogen functional groups attached to an aromatic ring is 1. The van der Waals surface area contributed by atoms with Crippen LogP contribution in [0.3, 0.4) is 0 Å². The van der Waals surface area contributed by atoms with E-state index in [1.54, 1.807) is 24.4 Å². The summed E-state index contributed by atoms with van der Waals surface area (Å²) in [6.07, 6.45) is 8.17. The largest absolute Gasteiger partial charge is 0.453 e. The number of ether oxygens (including phenoxy) is 1. The zero-order valence-electron chi connectivity index (χ0n) is 13.7. The number of halogens is 1. The van der Waals surface area contributed by atoms with Crippen LogP contribution in [0.25, 0.3) is 5.65 Å². The van der Waals surface area contributed by atoms with Gasteiger partial charge in [-0.05, 0) is 12.1 Å². The number of hydrogen-bond donors (Lipinski definition) is 2. The van der Waals surface area contributed by atoms with Gasteiger partial charge in [0.1, 0.15) is 17.0 Å². The quantitative estimate of drug-likeness (QED) is 0.569. The molecule has 3 N–H and O–H groups in total. The Kier molecular flexibility index (Phi) is 4.05. The zero-order chi connectivity index (χ0) is 18.8. The summed E-state index contributed by atoms with van der Waals surface area (Å²) in [7, 11) is 0. The summed E-state index contributed by atoms with van der Waals surface area (Å²) in [5.74, 6) is -0.404. The lowest BCUT2D eigenvalue weighted by atomic mass is 10.2. The molecule has 0 atom stereocenters. The molecular weight excluding hydrogens is 353 g/mol. The third kappa shape index (κ3) is 3.23. The Morgan fingerprint density at radius 3 is 2.85 bits per heavy atom. The maximum atomic E-state index is 13.3. The Hall–Kier alpha value is -4.08. The van der Waals surface area contributed by atoms with Crippen molar-refractivity contribution >= 4 is 23.1 Å². The van der Waals surface area contributed by atoms with Gasteiger partial charge in [0.2, 0.25) is 0 Å². The number of hydrogen-bond acceptors (Lipinski definition) is 7. The normalized spacial score (nSPS) is 10.7. The molecular formula is C17H12FN7O2. The summed E-state index contributed by atoms with van der Waals surface area (Å²) in [5, 5.41) is 6.57. The van der Waals surface area contributed by atoms with Crippen molar-refractivity contribution in [1.82, 2.24) is 24.6 Å². The summed E-state index contributed by atoms with van der Waals surface area (Å²) >= 11 is 0. The molecule has 0 unspecified atom stereocenters. The highest BCUT2D eigenvalue weighted by Crippen LogP contribution is 2.29. The van der Waals surface area contributed by atoms with Gasteiger partial charge in [-0.2, -0.15) is 0 Å². The molecule has 0 saturated carbocycles. The number of amides is 1. The topological polar surface area (TPSA) is 120 Å². The fraction of sp³-hybridized carbons (Fsp3) is 0. The van der Waals surface area contributed by atoms with Gasteiger partial charge in [-0.15, -0.1) is 5.10 Å². The monoisotopic (exact) mass is 365 g/mol. The number of pyridine rings is 2. The Bertz CT molecular complexity index is 1130. The van der Waals surface area contributed by atoms with Crippen molar-refractivity contribution in [3.05, 3.63) is 66.8 Å². The van der Waals surface area contributed by atoms with Gasteiger partial charge in [-0.3, -0.25) is 14.8 Å². The number of aromatic nitrogens is 5. The number of nitrogens with zero attached hydrogens (tertiary/aromatic N) is 5. The van der Waals surface area contributed by atoms with E-state index in [-0.39, 0.29) is 17.0 Å². The van der Waals surface area contributed by atoms with Gasteiger partial charge < -0.3 is 15.8 Å². The van der Waals surface area contributed by atoms with Crippen LogP contribution < -0.4 is 15.8 Å². The van der Waals surface area contributed by atoms with Crippen molar-refractivity contribution in [1.29, 1.82) is 0 Å². The standard InChI is InChI=1S/C17H12FN7O2/c18-10-6-22-16-14(15(19)24-25(16)9-10)17(26)23-12-8-21-5-3-13(12)27-11-2-1-4-20-7-11/h1-9H,(H2,19,24)(H,23,26). The fourth-order valence-electron chi connectivity index (χ4n) is 2.43. The van der Waals surface area contributed by atoms with E-state index in [0.29, 0.717) is 17.2 Å². The van der Waals surface area contributed by atoms with Crippen molar-refractivity contribution in [2.45, 2.75) is 0 Å². The predicted octanol–water partition coefficient (Wildman–Crippen LogP) is 2.29. The molecule has 0 fully saturated rings. The first-order valence-corrected chi connectivity index (χ1v) is 7.74. The van der Waals surface area contributed by atoms with Crippen molar-refractivity contribution in [3.8, 4) is 11.5 Å². The molecule has 0 aromatic carbocycles. The molecule has 0 bridgehead atoms. The second-order valence-corrected chi connectivity index (χ2v) is 5.42. The molecule has 4 aromatic rings.